The predicted octanol–water partition coefficient (Wildman–Crippen LogP) is 4.17. The van der Waals surface area contributed by atoms with Crippen molar-refractivity contribution in [2.24, 2.45) is 0 Å². The molecule has 4 aromatic rings. The van der Waals surface area contributed by atoms with Gasteiger partial charge in [0.25, 0.3) is 0 Å². The molecule has 0 saturated carbocycles. The van der Waals surface area contributed by atoms with E-state index in [1.165, 1.54) is 6.07 Å². The minimum Gasteiger partial charge on any atom is -0.324 e. The number of nitrogens with zero attached hydrogens (tertiary/aromatic N) is 4. The zero-order chi connectivity index (χ0) is 20.4. The van der Waals surface area contributed by atoms with Gasteiger partial charge in [-0.3, -0.25) is 4.79 Å². The van der Waals surface area contributed by atoms with Gasteiger partial charge >= 0.3 is 0 Å². The lowest BCUT2D eigenvalue weighted by Crippen LogP contribution is -2.20. The molecular weight excluding hydrogens is 389 g/mol. The number of rotatable bonds is 6. The smallest absolute Gasteiger partial charge is 0.244 e. The minimum atomic E-state index is -0.431. The number of carbonyl (C=O) groups excluding carboxylic acids is 1. The highest BCUT2D eigenvalue weighted by atomic mass is 32.2. The molecule has 0 aliphatic carbocycles. The van der Waals surface area contributed by atoms with Gasteiger partial charge in [-0.25, -0.2) is 14.4 Å². The van der Waals surface area contributed by atoms with E-state index in [2.05, 4.69) is 15.3 Å². The number of halogens is 1. The quantitative estimate of drug-likeness (QED) is 0.519. The lowest BCUT2D eigenvalue weighted by atomic mass is 10.2. The zero-order valence-electron chi connectivity index (χ0n) is 16.1. The number of aromatic nitrogens is 4. The Balaban J connectivity index is 1.55. The van der Waals surface area contributed by atoms with Gasteiger partial charge in [0.15, 0.2) is 0 Å². The highest BCUT2D eigenvalue weighted by molar-refractivity contribution is 7.97. The van der Waals surface area contributed by atoms with Crippen molar-refractivity contribution in [3.63, 3.8) is 0 Å². The van der Waals surface area contributed by atoms with Crippen LogP contribution in [0.25, 0.3) is 16.7 Å². The first-order valence-corrected chi connectivity index (χ1v) is 10.5. The van der Waals surface area contributed by atoms with Gasteiger partial charge < -0.3 is 14.5 Å². The van der Waals surface area contributed by atoms with Crippen molar-refractivity contribution >= 4 is 34.4 Å². The molecular formula is C21H20FN5OS. The van der Waals surface area contributed by atoms with Gasteiger partial charge in [-0.05, 0) is 43.5 Å². The molecule has 1 amide bonds. The number of imidazole rings is 2. The van der Waals surface area contributed by atoms with Crippen molar-refractivity contribution in [1.82, 2.24) is 19.1 Å². The fourth-order valence-electron chi connectivity index (χ4n) is 3.30. The van der Waals surface area contributed by atoms with Crippen molar-refractivity contribution in [2.45, 2.75) is 19.2 Å². The summed E-state index contributed by atoms with van der Waals surface area (Å²) in [7, 11) is 0. The van der Waals surface area contributed by atoms with E-state index in [0.717, 1.165) is 16.9 Å². The first-order chi connectivity index (χ1) is 14.1. The molecule has 0 aliphatic heterocycles. The number of para-hydroxylation sites is 2. The van der Waals surface area contributed by atoms with Crippen molar-refractivity contribution in [2.75, 3.05) is 11.6 Å². The van der Waals surface area contributed by atoms with E-state index in [4.69, 9.17) is 0 Å². The van der Waals surface area contributed by atoms with Crippen molar-refractivity contribution in [3.8, 4) is 5.69 Å². The summed E-state index contributed by atoms with van der Waals surface area (Å²) in [6, 6.07) is 12.4. The molecule has 2 aromatic heterocycles. The van der Waals surface area contributed by atoms with Crippen LogP contribution < -0.4 is 5.32 Å². The number of anilines is 1. The summed E-state index contributed by atoms with van der Waals surface area (Å²) in [6.45, 7) is 1.91. The van der Waals surface area contributed by atoms with Crippen LogP contribution in [0.3, 0.4) is 0 Å². The Kier molecular flexibility index (Phi) is 5.35. The molecule has 0 saturated heterocycles. The van der Waals surface area contributed by atoms with Gasteiger partial charge in [-0.15, -0.1) is 0 Å². The fraction of sp³-hybridized carbons (Fsp3) is 0.190. The maximum Gasteiger partial charge on any atom is 0.244 e. The summed E-state index contributed by atoms with van der Waals surface area (Å²) in [6.07, 6.45) is 5.31. The van der Waals surface area contributed by atoms with E-state index < -0.39 is 5.82 Å². The van der Waals surface area contributed by atoms with E-state index in [0.29, 0.717) is 23.0 Å². The molecule has 2 heterocycles. The van der Waals surface area contributed by atoms with Gasteiger partial charge in [0.2, 0.25) is 5.91 Å². The topological polar surface area (TPSA) is 64.7 Å². The van der Waals surface area contributed by atoms with Crippen LogP contribution in [0, 0.1) is 12.7 Å². The number of thioether (sulfide) groups is 1. The average molecular weight is 409 g/mol. The standard InChI is InChI=1S/C21H20FN5OS/c1-14-23-9-10-26(14)18-8-7-15(11-16(18)22)24-21(28)12-27-19-6-4-3-5-17(19)25-20(27)13-29-2/h3-11H,12-13H2,1-2H3,(H,24,28). The van der Waals surface area contributed by atoms with Gasteiger partial charge in [0.05, 0.1) is 22.5 Å². The molecule has 148 valence electrons. The number of hydrogen-bond donors (Lipinski definition) is 1. The number of amides is 1. The molecule has 0 unspecified atom stereocenters. The van der Waals surface area contributed by atoms with Crippen molar-refractivity contribution < 1.29 is 9.18 Å². The molecule has 8 heteroatoms. The molecule has 0 atom stereocenters. The van der Waals surface area contributed by atoms with E-state index in [1.54, 1.807) is 47.8 Å². The summed E-state index contributed by atoms with van der Waals surface area (Å²) in [5, 5.41) is 2.78. The second-order valence-electron chi connectivity index (χ2n) is 6.59. The third kappa shape index (κ3) is 3.88. The van der Waals surface area contributed by atoms with Gasteiger partial charge in [-0.1, -0.05) is 12.1 Å². The van der Waals surface area contributed by atoms with Crippen LogP contribution in [0.2, 0.25) is 0 Å². The first kappa shape index (κ1) is 19.2. The number of aryl methyl sites for hydroxylation is 1. The maximum atomic E-state index is 14.6. The minimum absolute atomic E-state index is 0.112. The van der Waals surface area contributed by atoms with Crippen LogP contribution in [0.1, 0.15) is 11.6 Å². The normalized spacial score (nSPS) is 11.1. The summed E-state index contributed by atoms with van der Waals surface area (Å²) in [4.78, 5) is 21.4. The number of hydrogen-bond acceptors (Lipinski definition) is 4. The molecule has 0 aliphatic rings. The Morgan fingerprint density at radius 2 is 2.07 bits per heavy atom. The Morgan fingerprint density at radius 1 is 1.24 bits per heavy atom. The van der Waals surface area contributed by atoms with E-state index in [-0.39, 0.29) is 12.5 Å². The number of nitrogens with one attached hydrogen (secondary N) is 1. The maximum absolute atomic E-state index is 14.6. The summed E-state index contributed by atoms with van der Waals surface area (Å²) < 4.78 is 18.1. The van der Waals surface area contributed by atoms with Crippen molar-refractivity contribution in [3.05, 3.63) is 72.3 Å². The molecule has 0 spiro atoms. The van der Waals surface area contributed by atoms with Crippen LogP contribution in [-0.2, 0) is 17.1 Å². The molecule has 0 fully saturated rings. The SMILES string of the molecule is CSCc1nc2ccccc2n1CC(=O)Nc1ccc(-n2ccnc2C)c(F)c1. The highest BCUT2D eigenvalue weighted by Gasteiger charge is 2.14. The Bertz CT molecular complexity index is 1180. The largest absolute Gasteiger partial charge is 0.324 e. The summed E-state index contributed by atoms with van der Waals surface area (Å²) in [5.74, 6) is 1.57. The molecule has 0 bridgehead atoms. The highest BCUT2D eigenvalue weighted by Crippen LogP contribution is 2.21. The molecule has 0 radical (unpaired) electrons. The molecule has 6 nitrogen and oxygen atoms in total. The zero-order valence-corrected chi connectivity index (χ0v) is 16.9. The summed E-state index contributed by atoms with van der Waals surface area (Å²) >= 11 is 1.65. The third-order valence-corrected chi connectivity index (χ3v) is 5.17. The van der Waals surface area contributed by atoms with Crippen LogP contribution in [0.4, 0.5) is 10.1 Å². The van der Waals surface area contributed by atoms with Gasteiger partial charge in [0, 0.05) is 18.1 Å². The van der Waals surface area contributed by atoms with Crippen LogP contribution in [0.15, 0.2) is 54.9 Å². The molecule has 29 heavy (non-hydrogen) atoms. The Morgan fingerprint density at radius 3 is 2.79 bits per heavy atom. The van der Waals surface area contributed by atoms with E-state index >= 15 is 0 Å². The summed E-state index contributed by atoms with van der Waals surface area (Å²) in [5.41, 5.74) is 2.56. The number of benzene rings is 2. The van der Waals surface area contributed by atoms with Crippen LogP contribution in [0.5, 0.6) is 0 Å². The fourth-order valence-corrected chi connectivity index (χ4v) is 3.78. The molecule has 2 aromatic carbocycles. The van der Waals surface area contributed by atoms with Crippen LogP contribution >= 0.6 is 11.8 Å². The lowest BCUT2D eigenvalue weighted by molar-refractivity contribution is -0.116. The van der Waals surface area contributed by atoms with E-state index in [1.807, 2.05) is 35.1 Å². The predicted molar refractivity (Wildman–Crippen MR) is 114 cm³/mol. The molecule has 4 rings (SSSR count). The van der Waals surface area contributed by atoms with E-state index in [9.17, 15) is 9.18 Å². The van der Waals surface area contributed by atoms with Gasteiger partial charge in [-0.2, -0.15) is 11.8 Å². The Hall–Kier alpha value is -3.13. The van der Waals surface area contributed by atoms with Crippen molar-refractivity contribution in [1.29, 1.82) is 0 Å². The third-order valence-electron chi connectivity index (χ3n) is 4.63. The number of fused-ring (bicyclic) bond motifs is 1. The molecule has 1 N–H and O–H groups in total. The number of carbonyl (C=O) groups is 1. The second-order valence-corrected chi connectivity index (χ2v) is 7.46. The Labute approximate surface area is 171 Å². The van der Waals surface area contributed by atoms with Gasteiger partial charge in [0.1, 0.15) is 24.0 Å². The lowest BCUT2D eigenvalue weighted by Gasteiger charge is -2.11. The monoisotopic (exact) mass is 409 g/mol. The second kappa shape index (κ2) is 8.08. The van der Waals surface area contributed by atoms with Crippen LogP contribution in [-0.4, -0.2) is 31.3 Å². The average Bonchev–Trinajstić information content (AvgIpc) is 3.26. The first-order valence-electron chi connectivity index (χ1n) is 9.09.